The first-order chi connectivity index (χ1) is 10.0. The molecule has 0 aliphatic carbocycles. The SMILES string of the molecule is CNCc1cc(S(=O)(=O)N2CCc3sccc3C2)c(C)o1. The van der Waals surface area contributed by atoms with Gasteiger partial charge in [-0.1, -0.05) is 0 Å². The Bertz CT molecular complexity index is 746. The molecule has 1 N–H and O–H groups in total. The van der Waals surface area contributed by atoms with E-state index in [-0.39, 0.29) is 4.90 Å². The average Bonchev–Trinajstić information content (AvgIpc) is 3.04. The topological polar surface area (TPSA) is 62.6 Å². The quantitative estimate of drug-likeness (QED) is 0.935. The minimum atomic E-state index is -3.49. The van der Waals surface area contributed by atoms with Crippen LogP contribution in [-0.2, 0) is 29.5 Å². The van der Waals surface area contributed by atoms with Crippen LogP contribution in [0.1, 0.15) is 22.0 Å². The lowest BCUT2D eigenvalue weighted by Gasteiger charge is -2.25. The van der Waals surface area contributed by atoms with Crippen LogP contribution in [0.25, 0.3) is 0 Å². The molecule has 3 heterocycles. The molecule has 0 bridgehead atoms. The number of nitrogens with zero attached hydrogens (tertiary/aromatic N) is 1. The fourth-order valence-electron chi connectivity index (χ4n) is 2.61. The summed E-state index contributed by atoms with van der Waals surface area (Å²) in [6.45, 7) is 3.20. The highest BCUT2D eigenvalue weighted by atomic mass is 32.2. The Balaban J connectivity index is 1.91. The summed E-state index contributed by atoms with van der Waals surface area (Å²) in [5.41, 5.74) is 1.12. The molecule has 0 saturated carbocycles. The highest BCUT2D eigenvalue weighted by Gasteiger charge is 2.31. The first kappa shape index (κ1) is 14.8. The van der Waals surface area contributed by atoms with E-state index in [9.17, 15) is 8.42 Å². The van der Waals surface area contributed by atoms with Crippen molar-refractivity contribution in [2.75, 3.05) is 13.6 Å². The van der Waals surface area contributed by atoms with Crippen LogP contribution in [0.2, 0.25) is 0 Å². The number of fused-ring (bicyclic) bond motifs is 1. The Morgan fingerprint density at radius 1 is 1.48 bits per heavy atom. The van der Waals surface area contributed by atoms with E-state index in [0.717, 1.165) is 12.0 Å². The summed E-state index contributed by atoms with van der Waals surface area (Å²) in [5, 5.41) is 4.99. The predicted molar refractivity (Wildman–Crippen MR) is 81.8 cm³/mol. The van der Waals surface area contributed by atoms with E-state index in [1.54, 1.807) is 35.7 Å². The third-order valence-corrected chi connectivity index (χ3v) is 6.64. The maximum atomic E-state index is 12.8. The van der Waals surface area contributed by atoms with Gasteiger partial charge in [0.15, 0.2) is 0 Å². The third-order valence-electron chi connectivity index (χ3n) is 3.66. The van der Waals surface area contributed by atoms with Gasteiger partial charge in [0.1, 0.15) is 16.4 Å². The monoisotopic (exact) mass is 326 g/mol. The minimum Gasteiger partial charge on any atom is -0.464 e. The Morgan fingerprint density at radius 2 is 2.29 bits per heavy atom. The number of thiophene rings is 1. The number of rotatable bonds is 4. The molecule has 3 rings (SSSR count). The van der Waals surface area contributed by atoms with Crippen molar-refractivity contribution in [2.24, 2.45) is 0 Å². The van der Waals surface area contributed by atoms with Gasteiger partial charge in [0, 0.05) is 24.0 Å². The van der Waals surface area contributed by atoms with Crippen LogP contribution in [0.5, 0.6) is 0 Å². The van der Waals surface area contributed by atoms with Gasteiger partial charge < -0.3 is 9.73 Å². The van der Waals surface area contributed by atoms with E-state index in [4.69, 9.17) is 4.42 Å². The highest BCUT2D eigenvalue weighted by Crippen LogP contribution is 2.30. The second-order valence-corrected chi connectivity index (χ2v) is 8.03. The summed E-state index contributed by atoms with van der Waals surface area (Å²) in [7, 11) is -1.69. The van der Waals surface area contributed by atoms with Crippen LogP contribution in [0, 0.1) is 6.92 Å². The van der Waals surface area contributed by atoms with Gasteiger partial charge in [-0.25, -0.2) is 8.42 Å². The third kappa shape index (κ3) is 2.66. The Labute approximate surface area is 128 Å². The van der Waals surface area contributed by atoms with Crippen molar-refractivity contribution >= 4 is 21.4 Å². The fourth-order valence-corrected chi connectivity index (χ4v) is 5.10. The standard InChI is InChI=1S/C14H18N2O3S2/c1-10-14(7-12(19-10)8-15-2)21(17,18)16-5-3-13-11(9-16)4-6-20-13/h4,6-7,15H,3,5,8-9H2,1-2H3. The molecule has 7 heteroatoms. The molecule has 0 amide bonds. The molecule has 0 spiro atoms. The van der Waals surface area contributed by atoms with E-state index in [1.807, 2.05) is 11.4 Å². The molecule has 2 aromatic rings. The molecule has 0 aromatic carbocycles. The molecule has 21 heavy (non-hydrogen) atoms. The number of nitrogens with one attached hydrogen (secondary N) is 1. The van der Waals surface area contributed by atoms with Gasteiger partial charge in [-0.3, -0.25) is 0 Å². The van der Waals surface area contributed by atoms with Gasteiger partial charge in [0.25, 0.3) is 0 Å². The summed E-state index contributed by atoms with van der Waals surface area (Å²) < 4.78 is 32.7. The number of hydrogen-bond acceptors (Lipinski definition) is 5. The summed E-state index contributed by atoms with van der Waals surface area (Å²) in [5.74, 6) is 1.10. The molecule has 114 valence electrons. The predicted octanol–water partition coefficient (Wildman–Crippen LogP) is 2.12. The number of aryl methyl sites for hydroxylation is 1. The zero-order chi connectivity index (χ0) is 15.0. The van der Waals surface area contributed by atoms with Crippen LogP contribution in [0.4, 0.5) is 0 Å². The summed E-state index contributed by atoms with van der Waals surface area (Å²) in [6, 6.07) is 3.64. The molecular formula is C14H18N2O3S2. The lowest BCUT2D eigenvalue weighted by atomic mass is 10.1. The van der Waals surface area contributed by atoms with E-state index < -0.39 is 10.0 Å². The lowest BCUT2D eigenvalue weighted by molar-refractivity contribution is 0.392. The Hall–Kier alpha value is -1.15. The van der Waals surface area contributed by atoms with Crippen LogP contribution >= 0.6 is 11.3 Å². The normalized spacial score (nSPS) is 16.1. The van der Waals surface area contributed by atoms with E-state index >= 15 is 0 Å². The molecule has 0 unspecified atom stereocenters. The zero-order valence-electron chi connectivity index (χ0n) is 12.0. The molecule has 2 aromatic heterocycles. The van der Waals surface area contributed by atoms with Gasteiger partial charge in [-0.2, -0.15) is 4.31 Å². The van der Waals surface area contributed by atoms with Crippen LogP contribution in [0.3, 0.4) is 0 Å². The second kappa shape index (κ2) is 5.57. The van der Waals surface area contributed by atoms with Gasteiger partial charge in [-0.15, -0.1) is 11.3 Å². The van der Waals surface area contributed by atoms with Crippen molar-refractivity contribution in [1.29, 1.82) is 0 Å². The highest BCUT2D eigenvalue weighted by molar-refractivity contribution is 7.89. The second-order valence-electron chi connectivity index (χ2n) is 5.12. The molecule has 1 aliphatic rings. The van der Waals surface area contributed by atoms with Crippen molar-refractivity contribution < 1.29 is 12.8 Å². The van der Waals surface area contributed by atoms with E-state index in [1.165, 1.54) is 4.88 Å². The number of furan rings is 1. The van der Waals surface area contributed by atoms with Crippen LogP contribution < -0.4 is 5.32 Å². The van der Waals surface area contributed by atoms with Gasteiger partial charge in [0.05, 0.1) is 6.54 Å². The maximum absolute atomic E-state index is 12.8. The van der Waals surface area contributed by atoms with E-state index in [0.29, 0.717) is 31.2 Å². The molecule has 0 saturated heterocycles. The van der Waals surface area contributed by atoms with Crippen molar-refractivity contribution in [3.05, 3.63) is 39.5 Å². The Kier molecular flexibility index (Phi) is 3.92. The van der Waals surface area contributed by atoms with E-state index in [2.05, 4.69) is 5.32 Å². The zero-order valence-corrected chi connectivity index (χ0v) is 13.7. The fraction of sp³-hybridized carbons (Fsp3) is 0.429. The van der Waals surface area contributed by atoms with Gasteiger partial charge in [-0.05, 0) is 37.4 Å². The minimum absolute atomic E-state index is 0.284. The van der Waals surface area contributed by atoms with Crippen molar-refractivity contribution in [1.82, 2.24) is 9.62 Å². The lowest BCUT2D eigenvalue weighted by Crippen LogP contribution is -2.35. The van der Waals surface area contributed by atoms with Gasteiger partial charge >= 0.3 is 0 Å². The number of hydrogen-bond donors (Lipinski definition) is 1. The molecule has 0 radical (unpaired) electrons. The first-order valence-electron chi connectivity index (χ1n) is 6.81. The molecule has 0 fully saturated rings. The number of sulfonamides is 1. The molecule has 0 atom stereocenters. The van der Waals surface area contributed by atoms with Crippen LogP contribution in [-0.4, -0.2) is 26.3 Å². The maximum Gasteiger partial charge on any atom is 0.246 e. The first-order valence-corrected chi connectivity index (χ1v) is 9.13. The summed E-state index contributed by atoms with van der Waals surface area (Å²) in [4.78, 5) is 1.58. The van der Waals surface area contributed by atoms with Crippen LogP contribution in [0.15, 0.2) is 26.8 Å². The van der Waals surface area contributed by atoms with Crippen molar-refractivity contribution in [2.45, 2.75) is 31.3 Å². The molecule has 1 aliphatic heterocycles. The summed E-state index contributed by atoms with van der Waals surface area (Å²) in [6.07, 6.45) is 0.784. The molecule has 5 nitrogen and oxygen atoms in total. The smallest absolute Gasteiger partial charge is 0.246 e. The molecular weight excluding hydrogens is 308 g/mol. The van der Waals surface area contributed by atoms with Crippen molar-refractivity contribution in [3.8, 4) is 0 Å². The van der Waals surface area contributed by atoms with Crippen molar-refractivity contribution in [3.63, 3.8) is 0 Å². The summed E-state index contributed by atoms with van der Waals surface area (Å²) >= 11 is 1.70. The largest absolute Gasteiger partial charge is 0.464 e. The average molecular weight is 326 g/mol. The Morgan fingerprint density at radius 3 is 3.05 bits per heavy atom. The van der Waals surface area contributed by atoms with Gasteiger partial charge in [0.2, 0.25) is 10.0 Å².